The number of rotatable bonds is 2. The molecule has 1 aliphatic carbocycles. The van der Waals surface area contributed by atoms with Crippen molar-refractivity contribution in [1.29, 1.82) is 0 Å². The molecular formula is C14H19N3O3. The molecule has 0 amide bonds. The Labute approximate surface area is 117 Å². The van der Waals surface area contributed by atoms with Gasteiger partial charge in [0.05, 0.1) is 6.10 Å². The summed E-state index contributed by atoms with van der Waals surface area (Å²) in [4.78, 5) is 12.9. The second-order valence-electron chi connectivity index (χ2n) is 5.88. The monoisotopic (exact) mass is 277 g/mol. The predicted molar refractivity (Wildman–Crippen MR) is 72.7 cm³/mol. The van der Waals surface area contributed by atoms with E-state index in [2.05, 4.69) is 15.1 Å². The Morgan fingerprint density at radius 2 is 2.10 bits per heavy atom. The van der Waals surface area contributed by atoms with E-state index in [-0.39, 0.29) is 17.2 Å². The number of carboxylic acids is 1. The number of anilines is 1. The van der Waals surface area contributed by atoms with Crippen LogP contribution in [0.5, 0.6) is 0 Å². The molecule has 1 saturated heterocycles. The van der Waals surface area contributed by atoms with Crippen LogP contribution in [0.25, 0.3) is 0 Å². The van der Waals surface area contributed by atoms with Gasteiger partial charge in [0.2, 0.25) is 0 Å². The van der Waals surface area contributed by atoms with Crippen LogP contribution in [0.2, 0.25) is 0 Å². The van der Waals surface area contributed by atoms with Crippen molar-refractivity contribution in [3.63, 3.8) is 0 Å². The summed E-state index contributed by atoms with van der Waals surface area (Å²) in [5.74, 6) is -0.362. The molecule has 1 aromatic heterocycles. The number of aromatic carboxylic acids is 1. The van der Waals surface area contributed by atoms with E-state index in [1.807, 2.05) is 0 Å². The number of aliphatic hydroxyl groups excluding tert-OH is 1. The van der Waals surface area contributed by atoms with Crippen LogP contribution in [-0.2, 0) is 0 Å². The molecule has 6 heteroatoms. The normalized spacial score (nSPS) is 29.9. The number of nitrogens with zero attached hydrogens (tertiary/aromatic N) is 3. The summed E-state index contributed by atoms with van der Waals surface area (Å²) in [6.07, 6.45) is 4.89. The Bertz CT molecular complexity index is 505. The number of carboxylic acid groups (broad SMARTS) is 1. The van der Waals surface area contributed by atoms with Crippen molar-refractivity contribution < 1.29 is 15.0 Å². The van der Waals surface area contributed by atoms with Gasteiger partial charge in [-0.2, -0.15) is 0 Å². The molecule has 2 atom stereocenters. The minimum absolute atomic E-state index is 0.00853. The molecule has 2 N–H and O–H groups in total. The Morgan fingerprint density at radius 3 is 2.70 bits per heavy atom. The fourth-order valence-corrected chi connectivity index (χ4v) is 3.56. The smallest absolute Gasteiger partial charge is 0.356 e. The maximum absolute atomic E-state index is 10.8. The van der Waals surface area contributed by atoms with E-state index >= 15 is 0 Å². The van der Waals surface area contributed by atoms with Crippen molar-refractivity contribution in [3.8, 4) is 0 Å². The van der Waals surface area contributed by atoms with Gasteiger partial charge in [-0.15, -0.1) is 10.2 Å². The molecule has 1 aromatic rings. The average Bonchev–Trinajstić information content (AvgIpc) is 2.80. The number of aliphatic hydroxyl groups is 1. The topological polar surface area (TPSA) is 86.5 Å². The zero-order valence-corrected chi connectivity index (χ0v) is 11.3. The second kappa shape index (κ2) is 5.01. The molecule has 0 bridgehead atoms. The molecule has 0 aromatic carbocycles. The first-order chi connectivity index (χ1) is 9.61. The maximum atomic E-state index is 10.8. The number of hydrogen-bond acceptors (Lipinski definition) is 5. The molecule has 1 saturated carbocycles. The van der Waals surface area contributed by atoms with Gasteiger partial charge in [0.15, 0.2) is 11.5 Å². The average molecular weight is 277 g/mol. The standard InChI is InChI=1S/C14H19N3O3/c18-11-3-1-6-14(11)7-2-8-17(9-14)12-5-4-10(13(19)20)15-16-12/h4-5,11,18H,1-3,6-9H2,(H,19,20)/t11-,14-/m1/s1. The Hall–Kier alpha value is -1.69. The van der Waals surface area contributed by atoms with Crippen molar-refractivity contribution >= 4 is 11.8 Å². The van der Waals surface area contributed by atoms with Crippen LogP contribution in [0.15, 0.2) is 12.1 Å². The lowest BCUT2D eigenvalue weighted by Crippen LogP contribution is -2.47. The lowest BCUT2D eigenvalue weighted by atomic mass is 9.77. The minimum Gasteiger partial charge on any atom is -0.476 e. The SMILES string of the molecule is O=C(O)c1ccc(N2CCC[C@]3(CCC[C@H]3O)C2)nn1. The molecule has 0 unspecified atom stereocenters. The van der Waals surface area contributed by atoms with Crippen LogP contribution in [0.1, 0.15) is 42.6 Å². The van der Waals surface area contributed by atoms with Gasteiger partial charge in [0.25, 0.3) is 0 Å². The lowest BCUT2D eigenvalue weighted by Gasteiger charge is -2.42. The number of piperidine rings is 1. The Kier molecular flexibility index (Phi) is 3.33. The van der Waals surface area contributed by atoms with Crippen LogP contribution in [0.3, 0.4) is 0 Å². The van der Waals surface area contributed by atoms with Gasteiger partial charge in [0.1, 0.15) is 0 Å². The fourth-order valence-electron chi connectivity index (χ4n) is 3.56. The summed E-state index contributed by atoms with van der Waals surface area (Å²) in [5, 5.41) is 26.8. The molecule has 1 aliphatic heterocycles. The largest absolute Gasteiger partial charge is 0.476 e. The van der Waals surface area contributed by atoms with E-state index in [1.54, 1.807) is 6.07 Å². The molecule has 2 aliphatic rings. The molecule has 2 heterocycles. The summed E-state index contributed by atoms with van der Waals surface area (Å²) in [6, 6.07) is 3.19. The first-order valence-electron chi connectivity index (χ1n) is 7.11. The molecule has 6 nitrogen and oxygen atoms in total. The first kappa shape index (κ1) is 13.3. The number of aromatic nitrogens is 2. The number of carbonyl (C=O) groups is 1. The van der Waals surface area contributed by atoms with Gasteiger partial charge < -0.3 is 15.1 Å². The van der Waals surface area contributed by atoms with Gasteiger partial charge in [-0.3, -0.25) is 0 Å². The highest BCUT2D eigenvalue weighted by Gasteiger charge is 2.44. The Morgan fingerprint density at radius 1 is 1.30 bits per heavy atom. The van der Waals surface area contributed by atoms with E-state index in [0.717, 1.165) is 45.2 Å². The highest BCUT2D eigenvalue weighted by atomic mass is 16.4. The van der Waals surface area contributed by atoms with Gasteiger partial charge in [-0.05, 0) is 37.8 Å². The molecule has 0 radical (unpaired) electrons. The summed E-state index contributed by atoms with van der Waals surface area (Å²) >= 11 is 0. The summed E-state index contributed by atoms with van der Waals surface area (Å²) < 4.78 is 0. The van der Waals surface area contributed by atoms with Crippen LogP contribution in [0.4, 0.5) is 5.82 Å². The van der Waals surface area contributed by atoms with Gasteiger partial charge in [0, 0.05) is 18.5 Å². The Balaban J connectivity index is 1.78. The molecular weight excluding hydrogens is 258 g/mol. The van der Waals surface area contributed by atoms with E-state index in [9.17, 15) is 9.90 Å². The third-order valence-corrected chi connectivity index (χ3v) is 4.66. The van der Waals surface area contributed by atoms with Crippen LogP contribution < -0.4 is 4.90 Å². The lowest BCUT2D eigenvalue weighted by molar-refractivity contribution is 0.0407. The number of hydrogen-bond donors (Lipinski definition) is 2. The van der Waals surface area contributed by atoms with E-state index in [4.69, 9.17) is 5.11 Å². The van der Waals surface area contributed by atoms with Crippen molar-refractivity contribution in [2.75, 3.05) is 18.0 Å². The summed E-state index contributed by atoms with van der Waals surface area (Å²) in [7, 11) is 0. The molecule has 3 rings (SSSR count). The summed E-state index contributed by atoms with van der Waals surface area (Å²) in [5.41, 5.74) is -0.0489. The van der Waals surface area contributed by atoms with Gasteiger partial charge in [-0.1, -0.05) is 6.42 Å². The van der Waals surface area contributed by atoms with E-state index < -0.39 is 5.97 Å². The maximum Gasteiger partial charge on any atom is 0.356 e. The van der Waals surface area contributed by atoms with Crippen molar-refractivity contribution in [2.24, 2.45) is 5.41 Å². The molecule has 1 spiro atoms. The zero-order valence-electron chi connectivity index (χ0n) is 11.3. The molecule has 108 valence electrons. The van der Waals surface area contributed by atoms with Crippen LogP contribution in [0, 0.1) is 5.41 Å². The zero-order chi connectivity index (χ0) is 14.2. The van der Waals surface area contributed by atoms with E-state index in [0.29, 0.717) is 5.82 Å². The molecule has 2 fully saturated rings. The fraction of sp³-hybridized carbons (Fsp3) is 0.643. The third-order valence-electron chi connectivity index (χ3n) is 4.66. The van der Waals surface area contributed by atoms with Gasteiger partial charge >= 0.3 is 5.97 Å². The molecule has 20 heavy (non-hydrogen) atoms. The highest BCUT2D eigenvalue weighted by Crippen LogP contribution is 2.45. The van der Waals surface area contributed by atoms with E-state index in [1.165, 1.54) is 6.07 Å². The first-order valence-corrected chi connectivity index (χ1v) is 7.11. The predicted octanol–water partition coefficient (Wildman–Crippen LogP) is 1.31. The third kappa shape index (κ3) is 2.24. The van der Waals surface area contributed by atoms with Crippen molar-refractivity contribution in [2.45, 2.75) is 38.2 Å². The second-order valence-corrected chi connectivity index (χ2v) is 5.88. The van der Waals surface area contributed by atoms with Crippen molar-refractivity contribution in [1.82, 2.24) is 10.2 Å². The minimum atomic E-state index is -1.06. The summed E-state index contributed by atoms with van der Waals surface area (Å²) in [6.45, 7) is 1.67. The van der Waals surface area contributed by atoms with Gasteiger partial charge in [-0.25, -0.2) is 4.79 Å². The van der Waals surface area contributed by atoms with Crippen LogP contribution in [-0.4, -0.2) is 45.6 Å². The van der Waals surface area contributed by atoms with Crippen LogP contribution >= 0.6 is 0 Å². The highest BCUT2D eigenvalue weighted by molar-refractivity contribution is 5.85. The van der Waals surface area contributed by atoms with Crippen molar-refractivity contribution in [3.05, 3.63) is 17.8 Å². The quantitative estimate of drug-likeness (QED) is 0.847.